The summed E-state index contributed by atoms with van der Waals surface area (Å²) in [6.07, 6.45) is 2.54. The summed E-state index contributed by atoms with van der Waals surface area (Å²) >= 11 is 0. The van der Waals surface area contributed by atoms with E-state index in [1.165, 1.54) is 12.8 Å². The van der Waals surface area contributed by atoms with Crippen LogP contribution in [0.1, 0.15) is 12.8 Å². The van der Waals surface area contributed by atoms with Crippen molar-refractivity contribution in [3.8, 4) is 6.07 Å². The van der Waals surface area contributed by atoms with E-state index < -0.39 is 0 Å². The summed E-state index contributed by atoms with van der Waals surface area (Å²) < 4.78 is 0. The fraction of sp³-hybridized carbons (Fsp3) is 0.875. The molecule has 0 aromatic carbocycles. The number of likely N-dealkylation sites (N-methyl/N-ethyl adjacent to an activating group) is 1. The van der Waals surface area contributed by atoms with Crippen LogP contribution in [0.4, 0.5) is 0 Å². The van der Waals surface area contributed by atoms with Gasteiger partial charge in [0.05, 0.1) is 12.6 Å². The molecule has 0 bridgehead atoms. The van der Waals surface area contributed by atoms with E-state index in [0.717, 1.165) is 13.1 Å². The zero-order valence-electron chi connectivity index (χ0n) is 7.01. The summed E-state index contributed by atoms with van der Waals surface area (Å²) in [7, 11) is 1.99. The first kappa shape index (κ1) is 8.51. The molecule has 11 heavy (non-hydrogen) atoms. The molecule has 1 aliphatic rings. The molecule has 1 unspecified atom stereocenters. The molecule has 0 radical (unpaired) electrons. The third kappa shape index (κ3) is 2.87. The van der Waals surface area contributed by atoms with Crippen LogP contribution in [-0.4, -0.2) is 37.6 Å². The van der Waals surface area contributed by atoms with Gasteiger partial charge in [0.15, 0.2) is 0 Å². The highest BCUT2D eigenvalue weighted by Crippen LogP contribution is 2.05. The van der Waals surface area contributed by atoms with Crippen molar-refractivity contribution in [2.75, 3.05) is 26.7 Å². The Morgan fingerprint density at radius 3 is 3.09 bits per heavy atom. The Bertz CT molecular complexity index is 144. The van der Waals surface area contributed by atoms with Crippen molar-refractivity contribution in [3.63, 3.8) is 0 Å². The maximum absolute atomic E-state index is 8.40. The lowest BCUT2D eigenvalue weighted by molar-refractivity contribution is 0.331. The van der Waals surface area contributed by atoms with E-state index >= 15 is 0 Å². The molecule has 3 heteroatoms. The van der Waals surface area contributed by atoms with Crippen molar-refractivity contribution in [1.29, 1.82) is 5.26 Å². The van der Waals surface area contributed by atoms with Crippen LogP contribution in [0.3, 0.4) is 0 Å². The molecular weight excluding hydrogens is 138 g/mol. The van der Waals surface area contributed by atoms with Crippen molar-refractivity contribution in [2.45, 2.75) is 18.9 Å². The average molecular weight is 153 g/mol. The molecule has 62 valence electrons. The summed E-state index contributed by atoms with van der Waals surface area (Å²) in [6, 6.07) is 2.76. The summed E-state index contributed by atoms with van der Waals surface area (Å²) in [5.74, 6) is 0. The predicted molar refractivity (Wildman–Crippen MR) is 44.1 cm³/mol. The molecule has 1 aliphatic heterocycles. The first-order valence-corrected chi connectivity index (χ1v) is 4.12. The minimum atomic E-state index is 0.540. The summed E-state index contributed by atoms with van der Waals surface area (Å²) in [6.45, 7) is 2.69. The molecule has 0 aromatic rings. The molecule has 0 saturated carbocycles. The van der Waals surface area contributed by atoms with Gasteiger partial charge in [-0.3, -0.25) is 4.90 Å². The van der Waals surface area contributed by atoms with E-state index in [0.29, 0.717) is 12.6 Å². The highest BCUT2D eigenvalue weighted by Gasteiger charge is 2.14. The van der Waals surface area contributed by atoms with E-state index in [1.54, 1.807) is 0 Å². The summed E-state index contributed by atoms with van der Waals surface area (Å²) in [5, 5.41) is 11.8. The van der Waals surface area contributed by atoms with Crippen LogP contribution < -0.4 is 5.32 Å². The van der Waals surface area contributed by atoms with Crippen LogP contribution in [0.25, 0.3) is 0 Å². The molecule has 0 aliphatic carbocycles. The molecule has 1 saturated heterocycles. The van der Waals surface area contributed by atoms with E-state index in [4.69, 9.17) is 5.26 Å². The Labute approximate surface area is 68.0 Å². The maximum atomic E-state index is 8.40. The monoisotopic (exact) mass is 153 g/mol. The Kier molecular flexibility index (Phi) is 3.34. The lowest BCUT2D eigenvalue weighted by Gasteiger charge is -2.17. The van der Waals surface area contributed by atoms with Gasteiger partial charge in [-0.15, -0.1) is 0 Å². The average Bonchev–Trinajstić information content (AvgIpc) is 2.40. The van der Waals surface area contributed by atoms with Gasteiger partial charge in [0.1, 0.15) is 0 Å². The number of nitriles is 1. The first-order chi connectivity index (χ1) is 5.33. The third-order valence-corrected chi connectivity index (χ3v) is 2.04. The molecule has 0 amide bonds. The normalized spacial score (nSPS) is 23.9. The number of nitrogens with one attached hydrogen (secondary N) is 1. The van der Waals surface area contributed by atoms with Crippen LogP contribution in [-0.2, 0) is 0 Å². The van der Waals surface area contributed by atoms with Crippen LogP contribution >= 0.6 is 0 Å². The quantitative estimate of drug-likeness (QED) is 0.588. The molecule has 1 fully saturated rings. The van der Waals surface area contributed by atoms with Crippen LogP contribution in [0.2, 0.25) is 0 Å². The minimum Gasteiger partial charge on any atom is -0.313 e. The zero-order valence-corrected chi connectivity index (χ0v) is 7.01. The second-order valence-corrected chi connectivity index (χ2v) is 3.15. The smallest absolute Gasteiger partial charge is 0.0864 e. The molecule has 3 nitrogen and oxygen atoms in total. The van der Waals surface area contributed by atoms with Crippen molar-refractivity contribution in [2.24, 2.45) is 0 Å². The second-order valence-electron chi connectivity index (χ2n) is 3.15. The van der Waals surface area contributed by atoms with E-state index in [2.05, 4.69) is 16.3 Å². The molecular formula is C8H15N3. The van der Waals surface area contributed by atoms with Gasteiger partial charge in [0.2, 0.25) is 0 Å². The van der Waals surface area contributed by atoms with Crippen LogP contribution in [0.15, 0.2) is 0 Å². The van der Waals surface area contributed by atoms with Gasteiger partial charge >= 0.3 is 0 Å². The van der Waals surface area contributed by atoms with Gasteiger partial charge in [0, 0.05) is 12.6 Å². The van der Waals surface area contributed by atoms with E-state index in [1.807, 2.05) is 7.05 Å². The predicted octanol–water partition coefficient (Wildman–Crippen LogP) is 0.194. The SMILES string of the molecule is CN(CC#N)CC1CCCN1. The van der Waals surface area contributed by atoms with Gasteiger partial charge in [-0.05, 0) is 26.4 Å². The Balaban J connectivity index is 2.14. The Morgan fingerprint density at radius 1 is 1.73 bits per heavy atom. The fourth-order valence-electron chi connectivity index (χ4n) is 1.47. The highest BCUT2D eigenvalue weighted by atomic mass is 15.1. The lowest BCUT2D eigenvalue weighted by atomic mass is 10.2. The fourth-order valence-corrected chi connectivity index (χ4v) is 1.47. The zero-order chi connectivity index (χ0) is 8.10. The van der Waals surface area contributed by atoms with E-state index in [-0.39, 0.29) is 0 Å². The van der Waals surface area contributed by atoms with Gasteiger partial charge in [-0.2, -0.15) is 5.26 Å². The summed E-state index contributed by atoms with van der Waals surface area (Å²) in [4.78, 5) is 2.06. The standard InChI is InChI=1S/C8H15N3/c1-11(6-4-9)7-8-3-2-5-10-8/h8,10H,2-3,5-7H2,1H3. The van der Waals surface area contributed by atoms with Gasteiger partial charge in [-0.1, -0.05) is 0 Å². The summed E-state index contributed by atoms with van der Waals surface area (Å²) in [5.41, 5.74) is 0. The van der Waals surface area contributed by atoms with Gasteiger partial charge in [0.25, 0.3) is 0 Å². The largest absolute Gasteiger partial charge is 0.313 e. The molecule has 1 heterocycles. The third-order valence-electron chi connectivity index (χ3n) is 2.04. The molecule has 1 atom stereocenters. The Morgan fingerprint density at radius 2 is 2.55 bits per heavy atom. The van der Waals surface area contributed by atoms with Gasteiger partial charge in [-0.25, -0.2) is 0 Å². The van der Waals surface area contributed by atoms with E-state index in [9.17, 15) is 0 Å². The minimum absolute atomic E-state index is 0.540. The number of rotatable bonds is 3. The lowest BCUT2D eigenvalue weighted by Crippen LogP contribution is -2.35. The maximum Gasteiger partial charge on any atom is 0.0864 e. The number of nitrogens with zero attached hydrogens (tertiary/aromatic N) is 2. The highest BCUT2D eigenvalue weighted by molar-refractivity contribution is 4.81. The first-order valence-electron chi connectivity index (χ1n) is 4.12. The molecule has 0 spiro atoms. The topological polar surface area (TPSA) is 39.1 Å². The molecule has 1 rings (SSSR count). The Hall–Kier alpha value is -0.590. The van der Waals surface area contributed by atoms with Gasteiger partial charge < -0.3 is 5.32 Å². The second kappa shape index (κ2) is 4.32. The van der Waals surface area contributed by atoms with Crippen molar-refractivity contribution in [3.05, 3.63) is 0 Å². The number of hydrogen-bond acceptors (Lipinski definition) is 3. The van der Waals surface area contributed by atoms with Crippen molar-refractivity contribution < 1.29 is 0 Å². The van der Waals surface area contributed by atoms with Crippen molar-refractivity contribution >= 4 is 0 Å². The van der Waals surface area contributed by atoms with Crippen LogP contribution in [0, 0.1) is 11.3 Å². The molecule has 0 aromatic heterocycles. The van der Waals surface area contributed by atoms with Crippen LogP contribution in [0.5, 0.6) is 0 Å². The number of hydrogen-bond donors (Lipinski definition) is 1. The molecule has 1 N–H and O–H groups in total. The van der Waals surface area contributed by atoms with Crippen molar-refractivity contribution in [1.82, 2.24) is 10.2 Å².